The highest BCUT2D eigenvalue weighted by Crippen LogP contribution is 2.31. The van der Waals surface area contributed by atoms with Gasteiger partial charge in [0.2, 0.25) is 5.91 Å². The number of halogens is 1. The lowest BCUT2D eigenvalue weighted by atomic mass is 10.1. The van der Waals surface area contributed by atoms with Gasteiger partial charge in [0.15, 0.2) is 0 Å². The second kappa shape index (κ2) is 14.9. The summed E-state index contributed by atoms with van der Waals surface area (Å²) in [4.78, 5) is 50.7. The van der Waals surface area contributed by atoms with Gasteiger partial charge in [-0.3, -0.25) is 24.5 Å². The molecular formula is C32H27ClN4O6S. The monoisotopic (exact) mass is 630 g/mol. The topological polar surface area (TPSA) is 140 Å². The van der Waals surface area contributed by atoms with Gasteiger partial charge in [-0.25, -0.2) is 0 Å². The van der Waals surface area contributed by atoms with Gasteiger partial charge in [-0.05, 0) is 61.0 Å². The first-order valence-corrected chi connectivity index (χ1v) is 14.5. The van der Waals surface area contributed by atoms with Crippen LogP contribution in [-0.2, 0) is 9.59 Å². The lowest BCUT2D eigenvalue weighted by Crippen LogP contribution is -2.30. The van der Waals surface area contributed by atoms with Gasteiger partial charge in [-0.15, -0.1) is 11.8 Å². The summed E-state index contributed by atoms with van der Waals surface area (Å²) >= 11 is 7.39. The third-order valence-electron chi connectivity index (χ3n) is 6.18. The molecule has 0 atom stereocenters. The van der Waals surface area contributed by atoms with Crippen LogP contribution in [0.15, 0.2) is 102 Å². The molecular weight excluding hydrogens is 604 g/mol. The van der Waals surface area contributed by atoms with Crippen molar-refractivity contribution in [3.05, 3.63) is 129 Å². The zero-order valence-electron chi connectivity index (χ0n) is 23.6. The minimum absolute atomic E-state index is 0.0676. The Hall–Kier alpha value is -5.13. The van der Waals surface area contributed by atoms with E-state index >= 15 is 0 Å². The van der Waals surface area contributed by atoms with E-state index in [-0.39, 0.29) is 28.6 Å². The van der Waals surface area contributed by atoms with Crippen LogP contribution >= 0.6 is 23.4 Å². The average Bonchev–Trinajstić information content (AvgIpc) is 3.02. The minimum Gasteiger partial charge on any atom is -0.495 e. The van der Waals surface area contributed by atoms with Crippen molar-refractivity contribution in [2.45, 2.75) is 11.8 Å². The summed E-state index contributed by atoms with van der Waals surface area (Å²) in [6.45, 7) is 1.82. The number of hydrogen-bond acceptors (Lipinski definition) is 7. The Balaban J connectivity index is 1.50. The molecule has 0 saturated carbocycles. The van der Waals surface area contributed by atoms with E-state index in [1.165, 1.54) is 43.1 Å². The fourth-order valence-corrected chi connectivity index (χ4v) is 4.91. The molecule has 0 saturated heterocycles. The maximum atomic E-state index is 13.4. The van der Waals surface area contributed by atoms with E-state index in [2.05, 4.69) is 16.0 Å². The Labute approximate surface area is 262 Å². The summed E-state index contributed by atoms with van der Waals surface area (Å²) in [6, 6.07) is 24.3. The van der Waals surface area contributed by atoms with E-state index in [0.29, 0.717) is 32.6 Å². The molecule has 3 amide bonds. The highest BCUT2D eigenvalue weighted by molar-refractivity contribution is 8.00. The zero-order chi connectivity index (χ0) is 31.6. The fourth-order valence-electron chi connectivity index (χ4n) is 4.00. The highest BCUT2D eigenvalue weighted by Gasteiger charge is 2.19. The van der Waals surface area contributed by atoms with Gasteiger partial charge in [0.25, 0.3) is 17.5 Å². The molecule has 44 heavy (non-hydrogen) atoms. The van der Waals surface area contributed by atoms with E-state index in [4.69, 9.17) is 16.3 Å². The predicted molar refractivity (Wildman–Crippen MR) is 172 cm³/mol. The van der Waals surface area contributed by atoms with Crippen molar-refractivity contribution in [1.82, 2.24) is 5.32 Å². The molecule has 12 heteroatoms. The lowest BCUT2D eigenvalue weighted by Gasteiger charge is -2.13. The zero-order valence-corrected chi connectivity index (χ0v) is 25.2. The van der Waals surface area contributed by atoms with Crippen LogP contribution < -0.4 is 20.7 Å². The molecule has 0 spiro atoms. The third kappa shape index (κ3) is 8.46. The number of nitro benzene ring substituents is 1. The highest BCUT2D eigenvalue weighted by atomic mass is 35.5. The third-order valence-corrected chi connectivity index (χ3v) is 7.58. The molecule has 0 fully saturated rings. The number of nitrogens with zero attached hydrogens (tertiary/aromatic N) is 1. The number of nitro groups is 1. The molecule has 0 heterocycles. The van der Waals surface area contributed by atoms with Gasteiger partial charge in [0, 0.05) is 33.3 Å². The van der Waals surface area contributed by atoms with Gasteiger partial charge in [-0.1, -0.05) is 48.0 Å². The van der Waals surface area contributed by atoms with Crippen LogP contribution in [0.25, 0.3) is 6.08 Å². The number of amides is 3. The molecule has 0 aromatic heterocycles. The summed E-state index contributed by atoms with van der Waals surface area (Å²) in [7, 11) is 1.49. The molecule has 10 nitrogen and oxygen atoms in total. The average molecular weight is 631 g/mol. The number of aryl methyl sites for hydroxylation is 1. The SMILES string of the molecule is COc1cc(Cl)c(C)cc1NC(=O)CSc1cccc(NC(=O)/C(=C\c2ccccc2[N+](=O)[O-])NC(=O)c2ccccc2)c1. The molecule has 224 valence electrons. The normalized spacial score (nSPS) is 10.9. The maximum absolute atomic E-state index is 13.4. The van der Waals surface area contributed by atoms with Crippen LogP contribution in [0.1, 0.15) is 21.5 Å². The number of anilines is 2. The number of ether oxygens (including phenoxy) is 1. The molecule has 4 aromatic rings. The van der Waals surface area contributed by atoms with E-state index in [9.17, 15) is 24.5 Å². The van der Waals surface area contributed by atoms with Crippen LogP contribution in [0.4, 0.5) is 17.1 Å². The Bertz CT molecular complexity index is 1750. The van der Waals surface area contributed by atoms with E-state index in [1.54, 1.807) is 72.8 Å². The summed E-state index contributed by atoms with van der Waals surface area (Å²) in [5.41, 5.74) is 1.69. The van der Waals surface area contributed by atoms with E-state index in [0.717, 1.165) is 5.56 Å². The number of benzene rings is 4. The molecule has 0 radical (unpaired) electrons. The molecule has 0 aliphatic rings. The van der Waals surface area contributed by atoms with Gasteiger partial charge in [-0.2, -0.15) is 0 Å². The van der Waals surface area contributed by atoms with Crippen molar-refractivity contribution in [2.75, 3.05) is 23.5 Å². The van der Waals surface area contributed by atoms with Crippen LogP contribution in [-0.4, -0.2) is 35.5 Å². The quantitative estimate of drug-likeness (QED) is 0.0724. The summed E-state index contributed by atoms with van der Waals surface area (Å²) in [5, 5.41) is 20.2. The Morgan fingerprint density at radius 1 is 0.955 bits per heavy atom. The molecule has 0 aliphatic heterocycles. The summed E-state index contributed by atoms with van der Waals surface area (Å²) in [6.07, 6.45) is 1.25. The second-order valence-corrected chi connectivity index (χ2v) is 10.8. The fraction of sp³-hybridized carbons (Fsp3) is 0.0938. The minimum atomic E-state index is -0.697. The first-order valence-electron chi connectivity index (χ1n) is 13.1. The van der Waals surface area contributed by atoms with Gasteiger partial charge in [0.05, 0.1) is 29.0 Å². The lowest BCUT2D eigenvalue weighted by molar-refractivity contribution is -0.385. The maximum Gasteiger partial charge on any atom is 0.276 e. The van der Waals surface area contributed by atoms with Crippen molar-refractivity contribution in [1.29, 1.82) is 0 Å². The standard InChI is InChI=1S/C32H27ClN4O6S/c1-20-15-26(29(43-2)18-25(20)33)35-30(38)19-44-24-13-8-12-23(17-24)34-32(40)27(36-31(39)21-9-4-3-5-10-21)16-22-11-6-7-14-28(22)37(41)42/h3-18H,19H2,1-2H3,(H,34,40)(H,35,38)(H,36,39)/b27-16+. The summed E-state index contributed by atoms with van der Waals surface area (Å²) in [5.74, 6) is -1.03. The largest absolute Gasteiger partial charge is 0.495 e. The number of thioether (sulfide) groups is 1. The number of nitrogens with one attached hydrogen (secondary N) is 3. The van der Waals surface area contributed by atoms with Crippen LogP contribution in [0.2, 0.25) is 5.02 Å². The number of hydrogen-bond donors (Lipinski definition) is 3. The Morgan fingerprint density at radius 2 is 1.68 bits per heavy atom. The molecule has 4 aromatic carbocycles. The second-order valence-electron chi connectivity index (χ2n) is 9.31. The molecule has 0 aliphatic carbocycles. The van der Waals surface area contributed by atoms with E-state index in [1.807, 2.05) is 6.92 Å². The summed E-state index contributed by atoms with van der Waals surface area (Å²) < 4.78 is 5.31. The van der Waals surface area contributed by atoms with Crippen molar-refractivity contribution in [2.24, 2.45) is 0 Å². The molecule has 0 bridgehead atoms. The number of methoxy groups -OCH3 is 1. The van der Waals surface area contributed by atoms with Crippen molar-refractivity contribution in [3.63, 3.8) is 0 Å². The van der Waals surface area contributed by atoms with Gasteiger partial charge in [0.1, 0.15) is 11.4 Å². The Morgan fingerprint density at radius 3 is 2.41 bits per heavy atom. The predicted octanol–water partition coefficient (Wildman–Crippen LogP) is 6.71. The van der Waals surface area contributed by atoms with Gasteiger partial charge >= 0.3 is 0 Å². The Kier molecular flexibility index (Phi) is 10.7. The van der Waals surface area contributed by atoms with Gasteiger partial charge < -0.3 is 20.7 Å². The smallest absolute Gasteiger partial charge is 0.276 e. The van der Waals surface area contributed by atoms with E-state index < -0.39 is 16.7 Å². The first-order chi connectivity index (χ1) is 21.1. The van der Waals surface area contributed by atoms with Crippen molar-refractivity contribution >= 4 is 64.2 Å². The van der Waals surface area contributed by atoms with Crippen molar-refractivity contribution in [3.8, 4) is 5.75 Å². The number of para-hydroxylation sites is 1. The van der Waals surface area contributed by atoms with Crippen LogP contribution in [0, 0.1) is 17.0 Å². The number of carbonyl (C=O) groups is 3. The van der Waals surface area contributed by atoms with Crippen LogP contribution in [0.5, 0.6) is 5.75 Å². The van der Waals surface area contributed by atoms with Crippen LogP contribution in [0.3, 0.4) is 0 Å². The number of rotatable bonds is 11. The molecule has 0 unspecified atom stereocenters. The first kappa shape index (κ1) is 31.8. The number of carbonyl (C=O) groups excluding carboxylic acids is 3. The van der Waals surface area contributed by atoms with Crippen molar-refractivity contribution < 1.29 is 24.0 Å². The molecule has 3 N–H and O–H groups in total. The molecule has 4 rings (SSSR count).